The van der Waals surface area contributed by atoms with Gasteiger partial charge in [-0.3, -0.25) is 4.79 Å². The van der Waals surface area contributed by atoms with Crippen molar-refractivity contribution in [3.8, 4) is 0 Å². The topological polar surface area (TPSA) is 91.8 Å². The number of aliphatic carboxylic acids is 1. The maximum atomic E-state index is 11.7. The molecule has 0 heterocycles. The Morgan fingerprint density at radius 2 is 1.71 bits per heavy atom. The second kappa shape index (κ2) is 5.03. The molecular weight excluding hydrogens is 246 g/mol. The molecule has 0 bridgehead atoms. The van der Waals surface area contributed by atoms with E-state index in [1.54, 1.807) is 0 Å². The van der Waals surface area contributed by atoms with Crippen LogP contribution in [0.5, 0.6) is 0 Å². The summed E-state index contributed by atoms with van der Waals surface area (Å²) in [4.78, 5) is 23.6. The number of sulfone groups is 1. The zero-order valence-corrected chi connectivity index (χ0v) is 11.5. The first kappa shape index (κ1) is 15.9. The first-order valence-electron chi connectivity index (χ1n) is 5.14. The van der Waals surface area contributed by atoms with Crippen molar-refractivity contribution in [2.75, 3.05) is 12.8 Å². The summed E-state index contributed by atoms with van der Waals surface area (Å²) in [5, 5.41) is 8.27. The van der Waals surface area contributed by atoms with Gasteiger partial charge in [-0.25, -0.2) is 13.2 Å². The first-order valence-corrected chi connectivity index (χ1v) is 6.86. The summed E-state index contributed by atoms with van der Waals surface area (Å²) in [5.74, 6) is -2.57. The number of carbonyl (C=O) groups is 2. The summed E-state index contributed by atoms with van der Waals surface area (Å²) < 4.78 is 23.1. The van der Waals surface area contributed by atoms with Crippen LogP contribution in [-0.2, 0) is 19.4 Å². The minimum absolute atomic E-state index is 0.659. The number of carboxylic acids is 1. The van der Waals surface area contributed by atoms with Crippen LogP contribution in [0.2, 0.25) is 0 Å². The Kier molecular flexibility index (Phi) is 4.70. The maximum Gasteiger partial charge on any atom is 0.329 e. The highest BCUT2D eigenvalue weighted by atomic mass is 32.2. The molecule has 0 unspecified atom stereocenters. The van der Waals surface area contributed by atoms with Gasteiger partial charge in [0.05, 0.1) is 5.25 Å². The van der Waals surface area contributed by atoms with Gasteiger partial charge in [0.15, 0.2) is 9.84 Å². The lowest BCUT2D eigenvalue weighted by atomic mass is 10.0. The second-order valence-electron chi connectivity index (χ2n) is 4.67. The third kappa shape index (κ3) is 3.69. The van der Waals surface area contributed by atoms with Crippen LogP contribution in [0.4, 0.5) is 0 Å². The molecule has 0 radical (unpaired) electrons. The molecule has 1 amide bonds. The predicted molar refractivity (Wildman–Crippen MR) is 63.4 cm³/mol. The van der Waals surface area contributed by atoms with E-state index in [4.69, 9.17) is 5.11 Å². The molecule has 0 rings (SSSR count). The van der Waals surface area contributed by atoms with Crippen molar-refractivity contribution in [1.29, 1.82) is 0 Å². The molecule has 6 nitrogen and oxygen atoms in total. The van der Waals surface area contributed by atoms with Crippen molar-refractivity contribution in [2.45, 2.75) is 38.5 Å². The van der Waals surface area contributed by atoms with Crippen LogP contribution in [0.15, 0.2) is 0 Å². The SMILES string of the molecule is CC(C)S(=O)(=O)CC(=O)N(C)C(C)(C)C(=O)O. The number of amides is 1. The Hall–Kier alpha value is -1.11. The molecule has 0 aromatic carbocycles. The van der Waals surface area contributed by atoms with Crippen molar-refractivity contribution < 1.29 is 23.1 Å². The van der Waals surface area contributed by atoms with Crippen LogP contribution in [0.1, 0.15) is 27.7 Å². The molecule has 0 aliphatic rings. The van der Waals surface area contributed by atoms with Gasteiger partial charge in [0.25, 0.3) is 0 Å². The Morgan fingerprint density at radius 3 is 2.00 bits per heavy atom. The van der Waals surface area contributed by atoms with Crippen molar-refractivity contribution in [2.24, 2.45) is 0 Å². The average Bonchev–Trinajstić information content (AvgIpc) is 2.15. The molecule has 0 aromatic heterocycles. The summed E-state index contributed by atoms with van der Waals surface area (Å²) in [6.45, 7) is 5.64. The zero-order chi connectivity index (χ0) is 14.0. The second-order valence-corrected chi connectivity index (χ2v) is 7.23. The Balaban J connectivity index is 4.94. The standard InChI is InChI=1S/C10H19NO5S/c1-7(2)17(15,16)6-8(12)11(5)10(3,4)9(13)14/h7H,6H2,1-5H3,(H,13,14). The summed E-state index contributed by atoms with van der Waals surface area (Å²) in [6, 6.07) is 0. The molecule has 0 saturated heterocycles. The van der Waals surface area contributed by atoms with E-state index in [-0.39, 0.29) is 0 Å². The highest BCUT2D eigenvalue weighted by Crippen LogP contribution is 2.14. The first-order chi connectivity index (χ1) is 7.43. The lowest BCUT2D eigenvalue weighted by Crippen LogP contribution is -2.52. The highest BCUT2D eigenvalue weighted by molar-refractivity contribution is 7.92. The molecule has 1 N–H and O–H groups in total. The minimum atomic E-state index is -3.51. The van der Waals surface area contributed by atoms with E-state index in [0.29, 0.717) is 0 Å². The quantitative estimate of drug-likeness (QED) is 0.763. The number of nitrogens with zero attached hydrogens (tertiary/aromatic N) is 1. The summed E-state index contributed by atoms with van der Waals surface area (Å²) in [6.07, 6.45) is 0. The lowest BCUT2D eigenvalue weighted by molar-refractivity contribution is -0.154. The van der Waals surface area contributed by atoms with Gasteiger partial charge in [0, 0.05) is 7.05 Å². The van der Waals surface area contributed by atoms with Gasteiger partial charge in [0.2, 0.25) is 5.91 Å². The van der Waals surface area contributed by atoms with Crippen molar-refractivity contribution in [1.82, 2.24) is 4.90 Å². The van der Waals surface area contributed by atoms with Crippen LogP contribution < -0.4 is 0 Å². The Morgan fingerprint density at radius 1 is 1.29 bits per heavy atom. The molecule has 0 aliphatic carbocycles. The molecule has 0 fully saturated rings. The average molecular weight is 265 g/mol. The number of carbonyl (C=O) groups excluding carboxylic acids is 1. The van der Waals surface area contributed by atoms with E-state index in [1.807, 2.05) is 0 Å². The fraction of sp³-hybridized carbons (Fsp3) is 0.800. The van der Waals surface area contributed by atoms with Gasteiger partial charge in [-0.15, -0.1) is 0 Å². The van der Waals surface area contributed by atoms with Gasteiger partial charge in [-0.2, -0.15) is 0 Å². The van der Waals surface area contributed by atoms with Gasteiger partial charge in [0.1, 0.15) is 11.3 Å². The van der Waals surface area contributed by atoms with Crippen LogP contribution in [0.3, 0.4) is 0 Å². The number of rotatable bonds is 5. The fourth-order valence-corrected chi connectivity index (χ4v) is 1.76. The van der Waals surface area contributed by atoms with E-state index in [2.05, 4.69) is 0 Å². The van der Waals surface area contributed by atoms with Crippen LogP contribution in [-0.4, -0.2) is 53.9 Å². The predicted octanol–water partition coefficient (Wildman–Crippen LogP) is 0.131. The fourth-order valence-electron chi connectivity index (χ4n) is 0.891. The smallest absolute Gasteiger partial charge is 0.329 e. The molecule has 100 valence electrons. The van der Waals surface area contributed by atoms with E-state index in [1.165, 1.54) is 34.7 Å². The molecule has 0 aromatic rings. The van der Waals surface area contributed by atoms with Gasteiger partial charge in [-0.05, 0) is 27.7 Å². The number of carboxylic acid groups (broad SMARTS) is 1. The monoisotopic (exact) mass is 265 g/mol. The molecule has 7 heteroatoms. The minimum Gasteiger partial charge on any atom is -0.480 e. The van der Waals surface area contributed by atoms with Crippen LogP contribution >= 0.6 is 0 Å². The summed E-state index contributed by atoms with van der Waals surface area (Å²) >= 11 is 0. The van der Waals surface area contributed by atoms with Crippen molar-refractivity contribution in [3.05, 3.63) is 0 Å². The summed E-state index contributed by atoms with van der Waals surface area (Å²) in [7, 11) is -2.23. The number of likely N-dealkylation sites (N-methyl/N-ethyl adjacent to an activating group) is 1. The van der Waals surface area contributed by atoms with E-state index in [0.717, 1.165) is 4.90 Å². The Labute approximate surface area is 102 Å². The Bertz CT molecular complexity index is 410. The zero-order valence-electron chi connectivity index (χ0n) is 10.7. The third-order valence-corrected chi connectivity index (χ3v) is 4.86. The lowest BCUT2D eigenvalue weighted by Gasteiger charge is -2.31. The van der Waals surface area contributed by atoms with E-state index >= 15 is 0 Å². The maximum absolute atomic E-state index is 11.7. The molecule has 0 spiro atoms. The number of hydrogen-bond donors (Lipinski definition) is 1. The number of hydrogen-bond acceptors (Lipinski definition) is 4. The van der Waals surface area contributed by atoms with Crippen molar-refractivity contribution >= 4 is 21.7 Å². The molecule has 0 saturated carbocycles. The third-order valence-electron chi connectivity index (χ3n) is 2.78. The molecule has 0 atom stereocenters. The highest BCUT2D eigenvalue weighted by Gasteiger charge is 2.36. The van der Waals surface area contributed by atoms with Gasteiger partial charge >= 0.3 is 5.97 Å². The normalized spacial score (nSPS) is 12.6. The van der Waals surface area contributed by atoms with Crippen molar-refractivity contribution in [3.63, 3.8) is 0 Å². The van der Waals surface area contributed by atoms with E-state index in [9.17, 15) is 18.0 Å². The molecular formula is C10H19NO5S. The van der Waals surface area contributed by atoms with Crippen LogP contribution in [0, 0.1) is 0 Å². The molecule has 0 aliphatic heterocycles. The van der Waals surface area contributed by atoms with E-state index < -0.39 is 38.3 Å². The van der Waals surface area contributed by atoms with Gasteiger partial charge in [-0.1, -0.05) is 0 Å². The van der Waals surface area contributed by atoms with Gasteiger partial charge < -0.3 is 10.0 Å². The molecule has 17 heavy (non-hydrogen) atoms. The summed E-state index contributed by atoms with van der Waals surface area (Å²) in [5.41, 5.74) is -1.43. The van der Waals surface area contributed by atoms with Crippen LogP contribution in [0.25, 0.3) is 0 Å². The largest absolute Gasteiger partial charge is 0.480 e.